The van der Waals surface area contributed by atoms with E-state index >= 15 is 0 Å². The zero-order valence-corrected chi connectivity index (χ0v) is 9.47. The standard InChI is InChI=1S/C11H10F2.C2H3FO/c1-2-7-3-4-9-8(7)5-6-10(12)11(9)13;1-2-4-3/h2,5-6H,3-4H2,1H3;2H,1H2/b7-2+;. The lowest BCUT2D eigenvalue weighted by atomic mass is 10.1. The van der Waals surface area contributed by atoms with E-state index in [0.717, 1.165) is 17.6 Å². The van der Waals surface area contributed by atoms with Crippen LogP contribution in [-0.2, 0) is 11.4 Å². The number of hydrogen-bond acceptors (Lipinski definition) is 1. The molecule has 1 aromatic carbocycles. The lowest BCUT2D eigenvalue weighted by Gasteiger charge is -2.01. The van der Waals surface area contributed by atoms with Gasteiger partial charge in [0.25, 0.3) is 0 Å². The van der Waals surface area contributed by atoms with Crippen molar-refractivity contribution in [2.24, 2.45) is 0 Å². The van der Waals surface area contributed by atoms with Gasteiger partial charge >= 0.3 is 0 Å². The van der Waals surface area contributed by atoms with Crippen LogP contribution >= 0.6 is 0 Å². The second-order valence-corrected chi connectivity index (χ2v) is 3.46. The van der Waals surface area contributed by atoms with Gasteiger partial charge in [-0.1, -0.05) is 18.7 Å². The first-order chi connectivity index (χ1) is 8.15. The van der Waals surface area contributed by atoms with Crippen molar-refractivity contribution in [3.63, 3.8) is 0 Å². The molecule has 4 heteroatoms. The summed E-state index contributed by atoms with van der Waals surface area (Å²) in [4.78, 5) is 2.81. The van der Waals surface area contributed by atoms with Gasteiger partial charge in [-0.05, 0) is 42.5 Å². The lowest BCUT2D eigenvalue weighted by Crippen LogP contribution is -1.92. The highest BCUT2D eigenvalue weighted by Crippen LogP contribution is 2.34. The summed E-state index contributed by atoms with van der Waals surface area (Å²) in [5.41, 5.74) is 2.53. The molecule has 0 N–H and O–H groups in total. The fraction of sp³-hybridized carbons (Fsp3) is 0.231. The van der Waals surface area contributed by atoms with E-state index in [2.05, 4.69) is 11.5 Å². The minimum atomic E-state index is -0.740. The van der Waals surface area contributed by atoms with E-state index < -0.39 is 11.6 Å². The van der Waals surface area contributed by atoms with E-state index in [9.17, 15) is 13.3 Å². The maximum absolute atomic E-state index is 13.2. The maximum atomic E-state index is 13.2. The molecule has 0 bridgehead atoms. The van der Waals surface area contributed by atoms with E-state index in [1.807, 2.05) is 13.0 Å². The van der Waals surface area contributed by atoms with Crippen molar-refractivity contribution < 1.29 is 18.2 Å². The number of fused-ring (bicyclic) bond motifs is 1. The molecule has 0 spiro atoms. The predicted octanol–water partition coefficient (Wildman–Crippen LogP) is 4.35. The van der Waals surface area contributed by atoms with Crippen LogP contribution in [0, 0.1) is 11.6 Å². The average Bonchev–Trinajstić information content (AvgIpc) is 2.78. The first-order valence-corrected chi connectivity index (χ1v) is 5.16. The molecule has 0 saturated carbocycles. The highest BCUT2D eigenvalue weighted by Gasteiger charge is 2.21. The number of allylic oxidation sites excluding steroid dienone is 2. The topological polar surface area (TPSA) is 9.23 Å². The molecule has 0 heterocycles. The van der Waals surface area contributed by atoms with E-state index in [4.69, 9.17) is 0 Å². The van der Waals surface area contributed by atoms with Crippen LogP contribution in [-0.4, -0.2) is 0 Å². The Kier molecular flexibility index (Phi) is 4.82. The van der Waals surface area contributed by atoms with E-state index in [0.29, 0.717) is 18.2 Å². The van der Waals surface area contributed by atoms with Gasteiger partial charge in [-0.2, -0.15) is 0 Å². The molecule has 0 unspecified atom stereocenters. The molecule has 1 nitrogen and oxygen atoms in total. The van der Waals surface area contributed by atoms with Crippen LogP contribution < -0.4 is 0 Å². The Morgan fingerprint density at radius 2 is 1.94 bits per heavy atom. The Morgan fingerprint density at radius 3 is 2.47 bits per heavy atom. The van der Waals surface area contributed by atoms with Gasteiger partial charge in [0.15, 0.2) is 11.6 Å². The number of halogens is 3. The first-order valence-electron chi connectivity index (χ1n) is 5.16. The minimum absolute atomic E-state index is 0.535. The molecule has 2 rings (SSSR count). The summed E-state index contributed by atoms with van der Waals surface area (Å²) >= 11 is 0. The van der Waals surface area contributed by atoms with Crippen LogP contribution in [0.25, 0.3) is 5.57 Å². The Balaban J connectivity index is 0.000000317. The van der Waals surface area contributed by atoms with Gasteiger partial charge in [-0.25, -0.2) is 8.78 Å². The minimum Gasteiger partial charge on any atom is -0.303 e. The van der Waals surface area contributed by atoms with Crippen molar-refractivity contribution in [2.45, 2.75) is 19.8 Å². The zero-order chi connectivity index (χ0) is 12.8. The van der Waals surface area contributed by atoms with Crippen LogP contribution in [0.5, 0.6) is 0 Å². The lowest BCUT2D eigenvalue weighted by molar-refractivity contribution is -0.0611. The monoisotopic (exact) mass is 242 g/mol. The highest BCUT2D eigenvalue weighted by molar-refractivity contribution is 5.72. The van der Waals surface area contributed by atoms with Crippen molar-refractivity contribution in [3.8, 4) is 0 Å². The molecule has 1 aliphatic carbocycles. The van der Waals surface area contributed by atoms with Crippen molar-refractivity contribution in [3.05, 3.63) is 53.8 Å². The fourth-order valence-electron chi connectivity index (χ4n) is 1.83. The first kappa shape index (κ1) is 13.4. The van der Waals surface area contributed by atoms with Gasteiger partial charge in [0.1, 0.15) is 6.26 Å². The molecular weight excluding hydrogens is 229 g/mol. The summed E-state index contributed by atoms with van der Waals surface area (Å²) < 4.78 is 36.1. The second kappa shape index (κ2) is 6.13. The van der Waals surface area contributed by atoms with E-state index in [1.54, 1.807) is 6.07 Å². The third kappa shape index (κ3) is 2.90. The molecule has 0 amide bonds. The van der Waals surface area contributed by atoms with Gasteiger partial charge in [0.2, 0.25) is 0 Å². The van der Waals surface area contributed by atoms with Gasteiger partial charge in [-0.3, -0.25) is 0 Å². The van der Waals surface area contributed by atoms with Gasteiger partial charge in [-0.15, -0.1) is 0 Å². The zero-order valence-electron chi connectivity index (χ0n) is 9.47. The molecule has 0 fully saturated rings. The Hall–Kier alpha value is -1.71. The Morgan fingerprint density at radius 1 is 1.29 bits per heavy atom. The van der Waals surface area contributed by atoms with E-state index in [1.165, 1.54) is 6.07 Å². The van der Waals surface area contributed by atoms with Gasteiger partial charge in [0, 0.05) is 4.53 Å². The van der Waals surface area contributed by atoms with Crippen molar-refractivity contribution >= 4 is 5.57 Å². The number of hydrogen-bond donors (Lipinski definition) is 0. The summed E-state index contributed by atoms with van der Waals surface area (Å²) in [6.07, 6.45) is 4.12. The summed E-state index contributed by atoms with van der Waals surface area (Å²) in [5, 5.41) is 0. The Bertz CT molecular complexity index is 439. The third-order valence-corrected chi connectivity index (χ3v) is 2.60. The molecule has 0 atom stereocenters. The normalized spacial score (nSPS) is 14.9. The van der Waals surface area contributed by atoms with Crippen LogP contribution in [0.1, 0.15) is 24.5 Å². The molecule has 0 radical (unpaired) electrons. The molecule has 92 valence electrons. The molecule has 1 aliphatic rings. The molecule has 17 heavy (non-hydrogen) atoms. The van der Waals surface area contributed by atoms with Crippen molar-refractivity contribution in [2.75, 3.05) is 0 Å². The summed E-state index contributed by atoms with van der Waals surface area (Å²) in [6, 6.07) is 2.86. The summed E-state index contributed by atoms with van der Waals surface area (Å²) in [5.74, 6) is -1.41. The summed E-state index contributed by atoms with van der Waals surface area (Å²) in [7, 11) is 0. The molecule has 0 aromatic heterocycles. The van der Waals surface area contributed by atoms with Crippen LogP contribution in [0.15, 0.2) is 31.0 Å². The second-order valence-electron chi connectivity index (χ2n) is 3.46. The fourth-order valence-corrected chi connectivity index (χ4v) is 1.83. The predicted molar refractivity (Wildman–Crippen MR) is 60.7 cm³/mol. The smallest absolute Gasteiger partial charge is 0.162 e. The van der Waals surface area contributed by atoms with Gasteiger partial charge < -0.3 is 4.94 Å². The molecule has 1 aromatic rings. The third-order valence-electron chi connectivity index (χ3n) is 2.60. The molecule has 0 aliphatic heterocycles. The van der Waals surface area contributed by atoms with Crippen molar-refractivity contribution in [1.82, 2.24) is 0 Å². The quantitative estimate of drug-likeness (QED) is 0.665. The maximum Gasteiger partial charge on any atom is 0.162 e. The summed E-state index contributed by atoms with van der Waals surface area (Å²) in [6.45, 7) is 4.80. The number of rotatable bonds is 1. The SMILES string of the molecule is C/C=C1\CCc2c1ccc(F)c2F.C=COF. The largest absolute Gasteiger partial charge is 0.303 e. The molecule has 0 saturated heterocycles. The van der Waals surface area contributed by atoms with E-state index in [-0.39, 0.29) is 0 Å². The number of benzene rings is 1. The average molecular weight is 242 g/mol. The van der Waals surface area contributed by atoms with Crippen LogP contribution in [0.2, 0.25) is 0 Å². The van der Waals surface area contributed by atoms with Crippen LogP contribution in [0.3, 0.4) is 0 Å². The highest BCUT2D eigenvalue weighted by atomic mass is 19.3. The molecular formula is C13H13F3O. The van der Waals surface area contributed by atoms with Crippen molar-refractivity contribution in [1.29, 1.82) is 0 Å². The Labute approximate surface area is 98.1 Å². The van der Waals surface area contributed by atoms with Crippen LogP contribution in [0.4, 0.5) is 13.3 Å². The van der Waals surface area contributed by atoms with Gasteiger partial charge in [0.05, 0.1) is 0 Å².